The van der Waals surface area contributed by atoms with Gasteiger partial charge < -0.3 is 11.1 Å². The molecular weight excluding hydrogens is 248 g/mol. The molecule has 106 valence electrons. The Bertz CT molecular complexity index is 593. The molecule has 2 rings (SSSR count). The van der Waals surface area contributed by atoms with Crippen molar-refractivity contribution in [3.05, 3.63) is 35.4 Å². The normalized spacial score (nSPS) is 10.6. The van der Waals surface area contributed by atoms with Crippen molar-refractivity contribution in [2.24, 2.45) is 0 Å². The Morgan fingerprint density at radius 3 is 2.75 bits per heavy atom. The molecule has 3 N–H and O–H groups in total. The number of hydrogen-bond donors (Lipinski definition) is 2. The van der Waals surface area contributed by atoms with Gasteiger partial charge in [0, 0.05) is 18.2 Å². The second-order valence-electron chi connectivity index (χ2n) is 5.02. The molecule has 0 saturated heterocycles. The number of nitrogens with two attached hydrogens (primary N) is 1. The molecule has 0 spiro atoms. The van der Waals surface area contributed by atoms with Crippen molar-refractivity contribution in [3.63, 3.8) is 0 Å². The first-order valence-corrected chi connectivity index (χ1v) is 7.07. The highest BCUT2D eigenvalue weighted by atomic mass is 15.1. The SMILES string of the molecule is CCCCNc1cc(-c2cccc(C)c2C)nc(N)n1. The van der Waals surface area contributed by atoms with E-state index in [1.807, 2.05) is 12.1 Å². The van der Waals surface area contributed by atoms with Crippen molar-refractivity contribution in [3.8, 4) is 11.3 Å². The molecule has 1 aromatic heterocycles. The summed E-state index contributed by atoms with van der Waals surface area (Å²) in [4.78, 5) is 8.60. The molecule has 0 radical (unpaired) electrons. The number of nitrogen functional groups attached to an aromatic ring is 1. The predicted molar refractivity (Wildman–Crippen MR) is 84.8 cm³/mol. The minimum absolute atomic E-state index is 0.308. The molecule has 1 heterocycles. The van der Waals surface area contributed by atoms with E-state index >= 15 is 0 Å². The number of nitrogens with one attached hydrogen (secondary N) is 1. The Morgan fingerprint density at radius 2 is 2.00 bits per heavy atom. The van der Waals surface area contributed by atoms with Crippen molar-refractivity contribution in [2.45, 2.75) is 33.6 Å². The lowest BCUT2D eigenvalue weighted by Crippen LogP contribution is -2.06. The van der Waals surface area contributed by atoms with Gasteiger partial charge in [0.05, 0.1) is 5.69 Å². The summed E-state index contributed by atoms with van der Waals surface area (Å²) < 4.78 is 0. The monoisotopic (exact) mass is 270 g/mol. The second kappa shape index (κ2) is 6.37. The summed E-state index contributed by atoms with van der Waals surface area (Å²) in [6.07, 6.45) is 2.26. The molecule has 0 unspecified atom stereocenters. The largest absolute Gasteiger partial charge is 0.370 e. The first kappa shape index (κ1) is 14.3. The molecule has 0 aliphatic carbocycles. The van der Waals surface area contributed by atoms with Gasteiger partial charge in [-0.1, -0.05) is 31.5 Å². The Hall–Kier alpha value is -2.10. The lowest BCUT2D eigenvalue weighted by Gasteiger charge is -2.11. The molecule has 1 aromatic carbocycles. The van der Waals surface area contributed by atoms with E-state index in [2.05, 4.69) is 48.2 Å². The maximum Gasteiger partial charge on any atom is 0.222 e. The minimum Gasteiger partial charge on any atom is -0.370 e. The molecule has 0 aliphatic rings. The number of unbranched alkanes of at least 4 members (excludes halogenated alkanes) is 1. The van der Waals surface area contributed by atoms with Crippen LogP contribution in [0.3, 0.4) is 0 Å². The molecule has 0 fully saturated rings. The standard InChI is InChI=1S/C16H22N4/c1-4-5-9-18-15-10-14(19-16(17)20-15)13-8-6-7-11(2)12(13)3/h6-8,10H,4-5,9H2,1-3H3,(H3,17,18,19,20). The summed E-state index contributed by atoms with van der Waals surface area (Å²) in [6.45, 7) is 7.27. The summed E-state index contributed by atoms with van der Waals surface area (Å²) in [5.74, 6) is 1.10. The van der Waals surface area contributed by atoms with Gasteiger partial charge in [-0.15, -0.1) is 0 Å². The summed E-state index contributed by atoms with van der Waals surface area (Å²) in [6, 6.07) is 8.18. The fourth-order valence-corrected chi connectivity index (χ4v) is 2.12. The van der Waals surface area contributed by atoms with Gasteiger partial charge in [0.25, 0.3) is 0 Å². The molecule has 0 amide bonds. The second-order valence-corrected chi connectivity index (χ2v) is 5.02. The average molecular weight is 270 g/mol. The van der Waals surface area contributed by atoms with Crippen molar-refractivity contribution in [1.29, 1.82) is 0 Å². The van der Waals surface area contributed by atoms with Crippen LogP contribution in [0.15, 0.2) is 24.3 Å². The number of aromatic nitrogens is 2. The molecule has 0 aliphatic heterocycles. The molecule has 4 heteroatoms. The molecule has 0 saturated carbocycles. The van der Waals surface area contributed by atoms with Crippen LogP contribution in [-0.2, 0) is 0 Å². The van der Waals surface area contributed by atoms with E-state index < -0.39 is 0 Å². The zero-order chi connectivity index (χ0) is 14.5. The van der Waals surface area contributed by atoms with Gasteiger partial charge in [-0.05, 0) is 31.4 Å². The summed E-state index contributed by atoms with van der Waals surface area (Å²) in [5.41, 5.74) is 10.3. The van der Waals surface area contributed by atoms with Crippen molar-refractivity contribution >= 4 is 11.8 Å². The van der Waals surface area contributed by atoms with Gasteiger partial charge in [-0.3, -0.25) is 0 Å². The lowest BCUT2D eigenvalue weighted by molar-refractivity contribution is 0.831. The Morgan fingerprint density at radius 1 is 1.20 bits per heavy atom. The van der Waals surface area contributed by atoms with Crippen LogP contribution < -0.4 is 11.1 Å². The number of nitrogens with zero attached hydrogens (tertiary/aromatic N) is 2. The number of anilines is 2. The zero-order valence-electron chi connectivity index (χ0n) is 12.4. The number of hydrogen-bond acceptors (Lipinski definition) is 4. The topological polar surface area (TPSA) is 63.8 Å². The van der Waals surface area contributed by atoms with Gasteiger partial charge >= 0.3 is 0 Å². The molecule has 2 aromatic rings. The van der Waals surface area contributed by atoms with Gasteiger partial charge in [-0.25, -0.2) is 4.98 Å². The molecule has 20 heavy (non-hydrogen) atoms. The Kier molecular flexibility index (Phi) is 4.56. The van der Waals surface area contributed by atoms with Crippen molar-refractivity contribution in [2.75, 3.05) is 17.6 Å². The third-order valence-electron chi connectivity index (χ3n) is 3.46. The average Bonchev–Trinajstić information content (AvgIpc) is 2.41. The maximum atomic E-state index is 5.83. The van der Waals surface area contributed by atoms with Crippen molar-refractivity contribution in [1.82, 2.24) is 9.97 Å². The summed E-state index contributed by atoms with van der Waals surface area (Å²) in [7, 11) is 0. The van der Waals surface area contributed by atoms with E-state index in [-0.39, 0.29) is 0 Å². The van der Waals surface area contributed by atoms with Gasteiger partial charge in [0.1, 0.15) is 5.82 Å². The molecule has 4 nitrogen and oxygen atoms in total. The third-order valence-corrected chi connectivity index (χ3v) is 3.46. The van der Waals surface area contributed by atoms with Crippen LogP contribution in [0.2, 0.25) is 0 Å². The number of benzene rings is 1. The van der Waals surface area contributed by atoms with Gasteiger partial charge in [-0.2, -0.15) is 4.98 Å². The number of aryl methyl sites for hydroxylation is 1. The Balaban J connectivity index is 2.34. The van der Waals surface area contributed by atoms with Crippen LogP contribution >= 0.6 is 0 Å². The van der Waals surface area contributed by atoms with Crippen LogP contribution in [0.25, 0.3) is 11.3 Å². The van der Waals surface area contributed by atoms with E-state index in [9.17, 15) is 0 Å². The quantitative estimate of drug-likeness (QED) is 0.815. The maximum absolute atomic E-state index is 5.83. The minimum atomic E-state index is 0.308. The Labute approximate surface area is 120 Å². The first-order chi connectivity index (χ1) is 9.61. The molecule has 0 atom stereocenters. The van der Waals surface area contributed by atoms with Crippen LogP contribution in [-0.4, -0.2) is 16.5 Å². The van der Waals surface area contributed by atoms with Crippen LogP contribution in [0.5, 0.6) is 0 Å². The fourth-order valence-electron chi connectivity index (χ4n) is 2.12. The highest BCUT2D eigenvalue weighted by molar-refractivity contribution is 5.68. The van der Waals surface area contributed by atoms with Crippen LogP contribution in [0.1, 0.15) is 30.9 Å². The number of rotatable bonds is 5. The molecular formula is C16H22N4. The first-order valence-electron chi connectivity index (χ1n) is 7.07. The van der Waals surface area contributed by atoms with Gasteiger partial charge in [0.2, 0.25) is 5.95 Å². The fraction of sp³-hybridized carbons (Fsp3) is 0.375. The predicted octanol–water partition coefficient (Wildman–Crippen LogP) is 3.55. The smallest absolute Gasteiger partial charge is 0.222 e. The summed E-state index contributed by atoms with van der Waals surface area (Å²) >= 11 is 0. The lowest BCUT2D eigenvalue weighted by atomic mass is 10.0. The molecule has 0 bridgehead atoms. The van der Waals surface area contributed by atoms with E-state index in [0.29, 0.717) is 5.95 Å². The summed E-state index contributed by atoms with van der Waals surface area (Å²) in [5, 5.41) is 3.30. The van der Waals surface area contributed by atoms with Crippen LogP contribution in [0.4, 0.5) is 11.8 Å². The van der Waals surface area contributed by atoms with Crippen molar-refractivity contribution < 1.29 is 0 Å². The van der Waals surface area contributed by atoms with Gasteiger partial charge in [0.15, 0.2) is 0 Å². The zero-order valence-corrected chi connectivity index (χ0v) is 12.4. The highest BCUT2D eigenvalue weighted by Crippen LogP contribution is 2.25. The van der Waals surface area contributed by atoms with E-state index in [1.165, 1.54) is 11.1 Å². The van der Waals surface area contributed by atoms with E-state index in [1.54, 1.807) is 0 Å². The highest BCUT2D eigenvalue weighted by Gasteiger charge is 2.08. The van der Waals surface area contributed by atoms with E-state index in [4.69, 9.17) is 5.73 Å². The third kappa shape index (κ3) is 3.26. The van der Waals surface area contributed by atoms with E-state index in [0.717, 1.165) is 36.5 Å². The van der Waals surface area contributed by atoms with Crippen LogP contribution in [0, 0.1) is 13.8 Å².